The number of benzene rings is 2. The summed E-state index contributed by atoms with van der Waals surface area (Å²) in [6.07, 6.45) is 0.937. The zero-order chi connectivity index (χ0) is 18.8. The number of amides is 1. The highest BCUT2D eigenvalue weighted by molar-refractivity contribution is 6.55. The van der Waals surface area contributed by atoms with Crippen molar-refractivity contribution >= 4 is 23.0 Å². The van der Waals surface area contributed by atoms with E-state index in [0.717, 1.165) is 23.4 Å². The lowest BCUT2D eigenvalue weighted by atomic mass is 9.80. The first-order valence-corrected chi connectivity index (χ1v) is 9.42. The molecule has 3 aliphatic rings. The Morgan fingerprint density at radius 2 is 1.89 bits per heavy atom. The number of aliphatic imine (C=N–C) groups is 1. The van der Waals surface area contributed by atoms with Gasteiger partial charge in [-0.15, -0.1) is 0 Å². The number of anilines is 1. The van der Waals surface area contributed by atoms with Crippen LogP contribution in [0.15, 0.2) is 41.4 Å². The fourth-order valence-corrected chi connectivity index (χ4v) is 4.59. The molecule has 0 N–H and O–H groups in total. The summed E-state index contributed by atoms with van der Waals surface area (Å²) in [6.45, 7) is 7.58. The van der Waals surface area contributed by atoms with E-state index in [1.54, 1.807) is 0 Å². The van der Waals surface area contributed by atoms with Crippen molar-refractivity contribution in [2.75, 3.05) is 18.1 Å². The minimum absolute atomic E-state index is 0.0239. The Morgan fingerprint density at radius 1 is 1.11 bits per heavy atom. The van der Waals surface area contributed by atoms with E-state index >= 15 is 0 Å². The summed E-state index contributed by atoms with van der Waals surface area (Å²) in [5, 5.41) is 0. The molecule has 5 rings (SSSR count). The van der Waals surface area contributed by atoms with E-state index in [-0.39, 0.29) is 11.4 Å². The smallest absolute Gasteiger partial charge is 0.278 e. The van der Waals surface area contributed by atoms with Gasteiger partial charge in [0.25, 0.3) is 5.91 Å². The van der Waals surface area contributed by atoms with Crippen molar-refractivity contribution in [3.05, 3.63) is 47.5 Å². The highest BCUT2D eigenvalue weighted by Crippen LogP contribution is 2.48. The fraction of sp³-hybridized carbons (Fsp3) is 0.364. The number of fused-ring (bicyclic) bond motifs is 1. The fourth-order valence-electron chi connectivity index (χ4n) is 4.59. The Morgan fingerprint density at radius 3 is 2.70 bits per heavy atom. The molecule has 1 amide bonds. The topological polar surface area (TPSA) is 51.1 Å². The van der Waals surface area contributed by atoms with Crippen LogP contribution in [0.5, 0.6) is 11.5 Å². The average molecular weight is 362 g/mol. The summed E-state index contributed by atoms with van der Waals surface area (Å²) in [6, 6.07) is 11.7. The molecule has 3 heterocycles. The van der Waals surface area contributed by atoms with Gasteiger partial charge in [0.05, 0.1) is 11.4 Å². The van der Waals surface area contributed by atoms with Crippen molar-refractivity contribution in [2.45, 2.75) is 38.6 Å². The highest BCUT2D eigenvalue weighted by atomic mass is 16.6. The van der Waals surface area contributed by atoms with Crippen molar-refractivity contribution in [1.82, 2.24) is 0 Å². The predicted molar refractivity (Wildman–Crippen MR) is 105 cm³/mol. The van der Waals surface area contributed by atoms with Gasteiger partial charge in [-0.05, 0) is 43.9 Å². The summed E-state index contributed by atoms with van der Waals surface area (Å²) >= 11 is 0. The maximum absolute atomic E-state index is 13.3. The molecule has 3 aliphatic heterocycles. The Kier molecular flexibility index (Phi) is 3.39. The second-order valence-corrected chi connectivity index (χ2v) is 8.09. The molecule has 2 aromatic carbocycles. The van der Waals surface area contributed by atoms with Gasteiger partial charge in [0.1, 0.15) is 18.9 Å². The molecule has 0 aromatic heterocycles. The average Bonchev–Trinajstić information content (AvgIpc) is 2.93. The number of nitrogens with zero attached hydrogens (tertiary/aromatic N) is 2. The van der Waals surface area contributed by atoms with Gasteiger partial charge in [-0.25, -0.2) is 4.99 Å². The molecule has 0 bridgehead atoms. The van der Waals surface area contributed by atoms with Gasteiger partial charge >= 0.3 is 0 Å². The van der Waals surface area contributed by atoms with Crippen LogP contribution in [0.25, 0.3) is 0 Å². The largest absolute Gasteiger partial charge is 0.486 e. The van der Waals surface area contributed by atoms with Crippen molar-refractivity contribution in [2.24, 2.45) is 4.99 Å². The van der Waals surface area contributed by atoms with Crippen LogP contribution in [0.2, 0.25) is 0 Å². The van der Waals surface area contributed by atoms with Crippen molar-refractivity contribution in [3.8, 4) is 11.5 Å². The first kappa shape index (κ1) is 16.4. The Balaban J connectivity index is 1.65. The van der Waals surface area contributed by atoms with Crippen molar-refractivity contribution in [3.63, 3.8) is 0 Å². The van der Waals surface area contributed by atoms with E-state index in [1.807, 2.05) is 35.2 Å². The molecule has 0 fully saturated rings. The Hall–Kier alpha value is -2.82. The van der Waals surface area contributed by atoms with Gasteiger partial charge in [-0.3, -0.25) is 4.79 Å². The van der Waals surface area contributed by atoms with E-state index < -0.39 is 0 Å². The van der Waals surface area contributed by atoms with Crippen LogP contribution in [-0.4, -0.2) is 30.4 Å². The lowest BCUT2D eigenvalue weighted by Crippen LogP contribution is -2.50. The van der Waals surface area contributed by atoms with Crippen LogP contribution in [0.1, 0.15) is 44.2 Å². The molecule has 0 saturated heterocycles. The summed E-state index contributed by atoms with van der Waals surface area (Å²) < 4.78 is 11.2. The van der Waals surface area contributed by atoms with E-state index in [9.17, 15) is 4.79 Å². The molecule has 0 saturated carbocycles. The second-order valence-electron chi connectivity index (χ2n) is 8.09. The molecule has 138 valence electrons. The lowest BCUT2D eigenvalue weighted by Gasteiger charge is -2.43. The zero-order valence-corrected chi connectivity index (χ0v) is 15.8. The van der Waals surface area contributed by atoms with Gasteiger partial charge in [0.15, 0.2) is 11.5 Å². The molecular formula is C22H22N2O3. The molecule has 27 heavy (non-hydrogen) atoms. The molecular weight excluding hydrogens is 340 g/mol. The molecule has 0 unspecified atom stereocenters. The van der Waals surface area contributed by atoms with Crippen LogP contribution < -0.4 is 14.4 Å². The third-order valence-corrected chi connectivity index (χ3v) is 5.66. The molecule has 0 radical (unpaired) electrons. The molecule has 2 aromatic rings. The number of rotatable bonds is 1. The predicted octanol–water partition coefficient (Wildman–Crippen LogP) is 4.21. The number of hydrogen-bond donors (Lipinski definition) is 0. The van der Waals surface area contributed by atoms with Crippen LogP contribution >= 0.6 is 0 Å². The van der Waals surface area contributed by atoms with Gasteiger partial charge in [0.2, 0.25) is 0 Å². The number of ether oxygens (including phenoxy) is 2. The summed E-state index contributed by atoms with van der Waals surface area (Å²) in [5.74, 6) is 1.79. The van der Waals surface area contributed by atoms with Crippen LogP contribution in [0, 0.1) is 0 Å². The molecule has 5 heteroatoms. The molecule has 0 spiro atoms. The number of para-hydroxylation sites is 1. The van der Waals surface area contributed by atoms with Gasteiger partial charge in [0, 0.05) is 17.2 Å². The van der Waals surface area contributed by atoms with Gasteiger partial charge in [-0.1, -0.05) is 25.1 Å². The number of carbonyl (C=O) groups excluding carboxylic acids is 1. The molecule has 5 nitrogen and oxygen atoms in total. The normalized spacial score (nSPS) is 23.5. The zero-order valence-electron chi connectivity index (χ0n) is 15.8. The SMILES string of the molecule is C[C@@H]1CC(C)(C)N2C(=O)C(=Nc3ccc4c(c3)OCCO4)c3cccc1c32. The summed E-state index contributed by atoms with van der Waals surface area (Å²) in [4.78, 5) is 20.0. The Bertz CT molecular complexity index is 993. The quantitative estimate of drug-likeness (QED) is 0.763. The van der Waals surface area contributed by atoms with Crippen molar-refractivity contribution < 1.29 is 14.3 Å². The maximum Gasteiger partial charge on any atom is 0.278 e. The van der Waals surface area contributed by atoms with E-state index in [1.165, 1.54) is 5.56 Å². The van der Waals surface area contributed by atoms with E-state index in [2.05, 4.69) is 26.8 Å². The highest BCUT2D eigenvalue weighted by Gasteiger charge is 2.47. The van der Waals surface area contributed by atoms with Gasteiger partial charge < -0.3 is 14.4 Å². The Labute approximate surface area is 158 Å². The maximum atomic E-state index is 13.3. The van der Waals surface area contributed by atoms with Crippen LogP contribution in [-0.2, 0) is 4.79 Å². The van der Waals surface area contributed by atoms with Crippen LogP contribution in [0.3, 0.4) is 0 Å². The van der Waals surface area contributed by atoms with E-state index in [4.69, 9.17) is 14.5 Å². The monoisotopic (exact) mass is 362 g/mol. The third-order valence-electron chi connectivity index (χ3n) is 5.66. The standard InChI is InChI=1S/C22H22N2O3/c1-13-12-22(2,3)24-20-15(13)5-4-6-16(20)19(21(24)25)23-14-7-8-17-18(11-14)27-10-9-26-17/h4-8,11,13H,9-10,12H2,1-3H3/t13-/m1/s1. The first-order valence-electron chi connectivity index (χ1n) is 9.42. The third kappa shape index (κ3) is 2.37. The van der Waals surface area contributed by atoms with Gasteiger partial charge in [-0.2, -0.15) is 0 Å². The number of carbonyl (C=O) groups is 1. The minimum atomic E-state index is -0.232. The first-order chi connectivity index (χ1) is 13.0. The van der Waals surface area contributed by atoms with E-state index in [0.29, 0.717) is 36.3 Å². The second kappa shape index (κ2) is 5.59. The minimum Gasteiger partial charge on any atom is -0.486 e. The lowest BCUT2D eigenvalue weighted by molar-refractivity contribution is -0.113. The molecule has 1 atom stereocenters. The number of hydrogen-bond acceptors (Lipinski definition) is 4. The van der Waals surface area contributed by atoms with Crippen LogP contribution in [0.4, 0.5) is 11.4 Å². The summed E-state index contributed by atoms with van der Waals surface area (Å²) in [5.41, 5.74) is 4.16. The van der Waals surface area contributed by atoms with Crippen molar-refractivity contribution in [1.29, 1.82) is 0 Å². The summed E-state index contributed by atoms with van der Waals surface area (Å²) in [7, 11) is 0. The molecule has 0 aliphatic carbocycles.